The predicted molar refractivity (Wildman–Crippen MR) is 70.3 cm³/mol. The number of carbonyl (C=O) groups excluding carboxylic acids is 1. The Balaban J connectivity index is 1.83. The van der Waals surface area contributed by atoms with Crippen LogP contribution in [0.3, 0.4) is 0 Å². The number of carbonyl (C=O) groups is 1. The van der Waals surface area contributed by atoms with E-state index in [1.54, 1.807) is 30.6 Å². The number of hydrogen-bond donors (Lipinski definition) is 4. The molecular weight excluding hydrogens is 244 g/mol. The maximum atomic E-state index is 12.1. The first-order chi connectivity index (χ1) is 9.24. The van der Waals surface area contributed by atoms with Gasteiger partial charge in [-0.15, -0.1) is 0 Å². The molecule has 0 aliphatic heterocycles. The van der Waals surface area contributed by atoms with Crippen LogP contribution in [0.25, 0.3) is 10.9 Å². The molecule has 3 aromatic rings. The van der Waals surface area contributed by atoms with Gasteiger partial charge in [0, 0.05) is 29.4 Å². The fourth-order valence-corrected chi connectivity index (χ4v) is 1.85. The molecule has 3 rings (SSSR count). The molecule has 0 aliphatic carbocycles. The Morgan fingerprint density at radius 1 is 1.42 bits per heavy atom. The van der Waals surface area contributed by atoms with E-state index in [-0.39, 0.29) is 5.91 Å². The number of nitrogens with zero attached hydrogens (tertiary/aromatic N) is 2. The molecule has 1 aromatic carbocycles. The zero-order valence-corrected chi connectivity index (χ0v) is 9.97. The summed E-state index contributed by atoms with van der Waals surface area (Å²) in [4.78, 5) is 12.1. The zero-order chi connectivity index (χ0) is 13.2. The van der Waals surface area contributed by atoms with Crippen LogP contribution < -0.4 is 11.1 Å². The molecule has 0 spiro atoms. The van der Waals surface area contributed by atoms with E-state index in [9.17, 15) is 4.79 Å². The van der Waals surface area contributed by atoms with Crippen LogP contribution in [0.2, 0.25) is 0 Å². The quantitative estimate of drug-likeness (QED) is 0.519. The van der Waals surface area contributed by atoms with E-state index in [1.807, 2.05) is 0 Å². The van der Waals surface area contributed by atoms with Crippen LogP contribution in [0, 0.1) is 0 Å². The van der Waals surface area contributed by atoms with Gasteiger partial charge in [0.25, 0.3) is 5.91 Å². The molecule has 7 heteroatoms. The van der Waals surface area contributed by atoms with E-state index in [2.05, 4.69) is 25.7 Å². The number of rotatable bonds is 3. The van der Waals surface area contributed by atoms with Crippen molar-refractivity contribution in [2.75, 3.05) is 5.73 Å². The van der Waals surface area contributed by atoms with Crippen molar-refractivity contribution < 1.29 is 4.79 Å². The molecule has 0 saturated carbocycles. The van der Waals surface area contributed by atoms with E-state index in [0.29, 0.717) is 23.3 Å². The summed E-state index contributed by atoms with van der Waals surface area (Å²) in [5.41, 5.74) is 8.33. The molecule has 2 heterocycles. The third-order valence-corrected chi connectivity index (χ3v) is 2.81. The highest BCUT2D eigenvalue weighted by Gasteiger charge is 2.14. The second kappa shape index (κ2) is 4.45. The summed E-state index contributed by atoms with van der Waals surface area (Å²) < 4.78 is 0. The number of H-pyrrole nitrogens is 2. The number of aromatic amines is 2. The van der Waals surface area contributed by atoms with Crippen molar-refractivity contribution in [1.29, 1.82) is 0 Å². The van der Waals surface area contributed by atoms with Crippen LogP contribution in [0.1, 0.15) is 16.1 Å². The van der Waals surface area contributed by atoms with Gasteiger partial charge in [0.15, 0.2) is 5.69 Å². The number of aromatic nitrogens is 4. The zero-order valence-electron chi connectivity index (χ0n) is 9.97. The number of fused-ring (bicyclic) bond motifs is 1. The van der Waals surface area contributed by atoms with Gasteiger partial charge in [-0.25, -0.2) is 0 Å². The fraction of sp³-hybridized carbons (Fsp3) is 0.0833. The molecule has 0 radical (unpaired) electrons. The highest BCUT2D eigenvalue weighted by molar-refractivity contribution is 6.05. The number of nitrogens with two attached hydrogens (primary N) is 1. The van der Waals surface area contributed by atoms with E-state index in [1.165, 1.54) is 0 Å². The van der Waals surface area contributed by atoms with Gasteiger partial charge in [-0.2, -0.15) is 10.2 Å². The SMILES string of the molecule is Nc1ccc2[nH]nc(C(=O)NCc3cn[nH]c3)c2c1. The molecule has 5 N–H and O–H groups in total. The molecule has 1 amide bonds. The maximum Gasteiger partial charge on any atom is 0.272 e. The number of amides is 1. The Labute approximate surface area is 108 Å². The van der Waals surface area contributed by atoms with E-state index < -0.39 is 0 Å². The van der Waals surface area contributed by atoms with Gasteiger partial charge in [0.2, 0.25) is 0 Å². The van der Waals surface area contributed by atoms with Gasteiger partial charge in [-0.05, 0) is 18.2 Å². The van der Waals surface area contributed by atoms with Gasteiger partial charge in [0.1, 0.15) is 0 Å². The average molecular weight is 256 g/mol. The second-order valence-corrected chi connectivity index (χ2v) is 4.17. The number of nitrogen functional groups attached to an aromatic ring is 1. The molecule has 2 aromatic heterocycles. The smallest absolute Gasteiger partial charge is 0.272 e. The van der Waals surface area contributed by atoms with Crippen molar-refractivity contribution in [1.82, 2.24) is 25.7 Å². The lowest BCUT2D eigenvalue weighted by molar-refractivity contribution is 0.0947. The van der Waals surface area contributed by atoms with Crippen LogP contribution in [0.4, 0.5) is 5.69 Å². The Morgan fingerprint density at radius 3 is 3.11 bits per heavy atom. The molecule has 7 nitrogen and oxygen atoms in total. The molecule has 96 valence electrons. The van der Waals surface area contributed by atoms with Gasteiger partial charge in [-0.1, -0.05) is 0 Å². The highest BCUT2D eigenvalue weighted by Crippen LogP contribution is 2.18. The first-order valence-electron chi connectivity index (χ1n) is 5.73. The lowest BCUT2D eigenvalue weighted by Gasteiger charge is -2.01. The van der Waals surface area contributed by atoms with Crippen LogP contribution in [0.15, 0.2) is 30.6 Å². The van der Waals surface area contributed by atoms with Crippen molar-refractivity contribution in [3.8, 4) is 0 Å². The topological polar surface area (TPSA) is 112 Å². The lowest BCUT2D eigenvalue weighted by atomic mass is 10.2. The van der Waals surface area contributed by atoms with Crippen LogP contribution in [0.5, 0.6) is 0 Å². The molecule has 19 heavy (non-hydrogen) atoms. The number of hydrogen-bond acceptors (Lipinski definition) is 4. The van der Waals surface area contributed by atoms with E-state index in [4.69, 9.17) is 5.73 Å². The van der Waals surface area contributed by atoms with Crippen molar-refractivity contribution in [3.05, 3.63) is 41.9 Å². The number of anilines is 1. The fourth-order valence-electron chi connectivity index (χ4n) is 1.85. The van der Waals surface area contributed by atoms with Crippen molar-refractivity contribution in [2.45, 2.75) is 6.54 Å². The molecule has 0 atom stereocenters. The minimum Gasteiger partial charge on any atom is -0.399 e. The molecule has 0 unspecified atom stereocenters. The Morgan fingerprint density at radius 2 is 2.32 bits per heavy atom. The Kier molecular flexibility index (Phi) is 2.64. The van der Waals surface area contributed by atoms with Gasteiger partial charge in [-0.3, -0.25) is 15.0 Å². The maximum absolute atomic E-state index is 12.1. The first-order valence-corrected chi connectivity index (χ1v) is 5.73. The minimum atomic E-state index is -0.252. The van der Waals surface area contributed by atoms with Crippen LogP contribution in [-0.4, -0.2) is 26.3 Å². The van der Waals surface area contributed by atoms with Crippen LogP contribution in [-0.2, 0) is 6.54 Å². The average Bonchev–Trinajstić information content (AvgIpc) is 3.04. The van der Waals surface area contributed by atoms with E-state index in [0.717, 1.165) is 11.1 Å². The Bertz CT molecular complexity index is 715. The molecule has 0 fully saturated rings. The van der Waals surface area contributed by atoms with Crippen molar-refractivity contribution >= 4 is 22.5 Å². The second-order valence-electron chi connectivity index (χ2n) is 4.17. The predicted octanol–water partition coefficient (Wildman–Crippen LogP) is 0.798. The molecule has 0 bridgehead atoms. The monoisotopic (exact) mass is 256 g/mol. The molecular formula is C12H12N6O. The summed E-state index contributed by atoms with van der Waals surface area (Å²) in [6, 6.07) is 5.28. The van der Waals surface area contributed by atoms with Gasteiger partial charge in [0.05, 0.1) is 11.7 Å². The van der Waals surface area contributed by atoms with Crippen molar-refractivity contribution in [2.24, 2.45) is 0 Å². The molecule has 0 aliphatic rings. The van der Waals surface area contributed by atoms with Crippen molar-refractivity contribution in [3.63, 3.8) is 0 Å². The summed E-state index contributed by atoms with van der Waals surface area (Å²) in [5, 5.41) is 16.8. The molecule has 0 saturated heterocycles. The van der Waals surface area contributed by atoms with E-state index >= 15 is 0 Å². The Hall–Kier alpha value is -2.83. The first kappa shape index (κ1) is 11.3. The highest BCUT2D eigenvalue weighted by atomic mass is 16.1. The number of benzene rings is 1. The van der Waals surface area contributed by atoms with Crippen LogP contribution >= 0.6 is 0 Å². The summed E-state index contributed by atoms with van der Waals surface area (Å²) in [7, 11) is 0. The third kappa shape index (κ3) is 2.13. The summed E-state index contributed by atoms with van der Waals surface area (Å²) in [6.45, 7) is 0.395. The third-order valence-electron chi connectivity index (χ3n) is 2.81. The summed E-state index contributed by atoms with van der Waals surface area (Å²) in [5.74, 6) is -0.252. The minimum absolute atomic E-state index is 0.252. The lowest BCUT2D eigenvalue weighted by Crippen LogP contribution is -2.23. The summed E-state index contributed by atoms with van der Waals surface area (Å²) >= 11 is 0. The number of nitrogens with one attached hydrogen (secondary N) is 3. The largest absolute Gasteiger partial charge is 0.399 e. The normalized spacial score (nSPS) is 10.7. The summed E-state index contributed by atoms with van der Waals surface area (Å²) in [6.07, 6.45) is 3.38. The van der Waals surface area contributed by atoms with Gasteiger partial charge >= 0.3 is 0 Å². The van der Waals surface area contributed by atoms with Gasteiger partial charge < -0.3 is 11.1 Å². The standard InChI is InChI=1S/C12H12N6O/c13-8-1-2-10-9(3-8)11(18-17-10)12(19)14-4-7-5-15-16-6-7/h1-3,5-6H,4,13H2,(H,14,19)(H,15,16)(H,17,18).